The fourth-order valence-electron chi connectivity index (χ4n) is 2.27. The fraction of sp³-hybridized carbons (Fsp3) is 0.263. The number of nitrogens with one attached hydrogen (secondary N) is 1. The van der Waals surface area contributed by atoms with Gasteiger partial charge in [0.15, 0.2) is 0 Å². The van der Waals surface area contributed by atoms with Crippen LogP contribution < -0.4 is 5.32 Å². The van der Waals surface area contributed by atoms with Gasteiger partial charge in [-0.3, -0.25) is 10.1 Å². The lowest BCUT2D eigenvalue weighted by Gasteiger charge is -2.18. The third kappa shape index (κ3) is 4.84. The van der Waals surface area contributed by atoms with Gasteiger partial charge in [-0.15, -0.1) is 0 Å². The van der Waals surface area contributed by atoms with E-state index in [1.807, 2.05) is 44.2 Å². The summed E-state index contributed by atoms with van der Waals surface area (Å²) in [5.41, 5.74) is 2.11. The molecule has 0 atom stereocenters. The van der Waals surface area contributed by atoms with Gasteiger partial charge in [0.1, 0.15) is 6.61 Å². The molecule has 0 bridgehead atoms. The Bertz CT molecular complexity index is 665. The van der Waals surface area contributed by atoms with Crippen molar-refractivity contribution < 1.29 is 14.3 Å². The van der Waals surface area contributed by atoms with Crippen LogP contribution in [0.2, 0.25) is 0 Å². The molecule has 0 aliphatic heterocycles. The van der Waals surface area contributed by atoms with Crippen molar-refractivity contribution in [2.45, 2.75) is 20.5 Å². The van der Waals surface area contributed by atoms with E-state index < -0.39 is 6.09 Å². The zero-order valence-electron chi connectivity index (χ0n) is 14.0. The van der Waals surface area contributed by atoms with Gasteiger partial charge < -0.3 is 9.64 Å². The molecule has 2 amide bonds. The second-order valence-corrected chi connectivity index (χ2v) is 5.24. The Morgan fingerprint density at radius 2 is 1.58 bits per heavy atom. The van der Waals surface area contributed by atoms with Crippen LogP contribution in [0.15, 0.2) is 54.6 Å². The summed E-state index contributed by atoms with van der Waals surface area (Å²) in [5, 5.41) is 2.65. The molecule has 0 aromatic heterocycles. The highest BCUT2D eigenvalue weighted by atomic mass is 16.5. The molecular weight excluding hydrogens is 304 g/mol. The summed E-state index contributed by atoms with van der Waals surface area (Å²) < 4.78 is 5.16. The molecule has 5 nitrogen and oxygen atoms in total. The highest BCUT2D eigenvalue weighted by Crippen LogP contribution is 2.12. The predicted octanol–water partition coefficient (Wildman–Crippen LogP) is 3.92. The molecule has 0 fully saturated rings. The van der Waals surface area contributed by atoms with Crippen molar-refractivity contribution in [3.63, 3.8) is 0 Å². The van der Waals surface area contributed by atoms with Gasteiger partial charge in [-0.1, -0.05) is 30.3 Å². The lowest BCUT2D eigenvalue weighted by atomic mass is 10.2. The SMILES string of the molecule is CCN(CC)C(=O)c1ccc(NC(=O)OCc2ccccc2)cc1. The molecule has 0 spiro atoms. The summed E-state index contributed by atoms with van der Waals surface area (Å²) in [6, 6.07) is 16.3. The molecule has 0 radical (unpaired) electrons. The molecule has 0 aliphatic carbocycles. The Balaban J connectivity index is 1.89. The van der Waals surface area contributed by atoms with Crippen LogP contribution in [-0.2, 0) is 11.3 Å². The molecule has 126 valence electrons. The monoisotopic (exact) mass is 326 g/mol. The van der Waals surface area contributed by atoms with E-state index in [4.69, 9.17) is 4.74 Å². The topological polar surface area (TPSA) is 58.6 Å². The van der Waals surface area contributed by atoms with Crippen LogP contribution in [0.3, 0.4) is 0 Å². The number of hydrogen-bond acceptors (Lipinski definition) is 3. The standard InChI is InChI=1S/C19H22N2O3/c1-3-21(4-2)18(22)16-10-12-17(13-11-16)20-19(23)24-14-15-8-6-5-7-9-15/h5-13H,3-4,14H2,1-2H3,(H,20,23). The zero-order valence-corrected chi connectivity index (χ0v) is 14.0. The van der Waals surface area contributed by atoms with Crippen molar-refractivity contribution in [2.75, 3.05) is 18.4 Å². The number of anilines is 1. The number of amides is 2. The first-order chi connectivity index (χ1) is 11.6. The number of carbonyl (C=O) groups is 2. The third-order valence-electron chi connectivity index (χ3n) is 3.64. The summed E-state index contributed by atoms with van der Waals surface area (Å²) in [6.45, 7) is 5.44. The van der Waals surface area contributed by atoms with E-state index in [-0.39, 0.29) is 12.5 Å². The third-order valence-corrected chi connectivity index (χ3v) is 3.64. The maximum Gasteiger partial charge on any atom is 0.411 e. The van der Waals surface area contributed by atoms with E-state index in [9.17, 15) is 9.59 Å². The first-order valence-electron chi connectivity index (χ1n) is 8.01. The van der Waals surface area contributed by atoms with Gasteiger partial charge in [0.25, 0.3) is 5.91 Å². The van der Waals surface area contributed by atoms with Gasteiger partial charge in [0, 0.05) is 24.3 Å². The molecule has 2 aromatic rings. The van der Waals surface area contributed by atoms with Gasteiger partial charge in [0.05, 0.1) is 0 Å². The van der Waals surface area contributed by atoms with E-state index in [2.05, 4.69) is 5.32 Å². The summed E-state index contributed by atoms with van der Waals surface area (Å²) in [5.74, 6) is -0.0156. The van der Waals surface area contributed by atoms with Gasteiger partial charge in [-0.2, -0.15) is 0 Å². The zero-order chi connectivity index (χ0) is 17.4. The summed E-state index contributed by atoms with van der Waals surface area (Å²) in [4.78, 5) is 25.8. The first kappa shape index (κ1) is 17.5. The minimum Gasteiger partial charge on any atom is -0.444 e. The van der Waals surface area contributed by atoms with E-state index in [1.165, 1.54) is 0 Å². The largest absolute Gasteiger partial charge is 0.444 e. The molecule has 0 heterocycles. The Labute approximate surface area is 142 Å². The molecule has 0 aliphatic rings. The van der Waals surface area contributed by atoms with Crippen molar-refractivity contribution in [2.24, 2.45) is 0 Å². The number of ether oxygens (including phenoxy) is 1. The quantitative estimate of drug-likeness (QED) is 0.875. The Kier molecular flexibility index (Phi) is 6.37. The second-order valence-electron chi connectivity index (χ2n) is 5.24. The highest BCUT2D eigenvalue weighted by Gasteiger charge is 2.12. The van der Waals surface area contributed by atoms with Crippen molar-refractivity contribution in [3.8, 4) is 0 Å². The minimum atomic E-state index is -0.526. The molecule has 2 aromatic carbocycles. The van der Waals surface area contributed by atoms with Crippen LogP contribution in [-0.4, -0.2) is 30.0 Å². The van der Waals surface area contributed by atoms with E-state index in [1.54, 1.807) is 29.2 Å². The summed E-state index contributed by atoms with van der Waals surface area (Å²) in [6.07, 6.45) is -0.526. The van der Waals surface area contributed by atoms with Crippen LogP contribution in [0.1, 0.15) is 29.8 Å². The molecule has 0 saturated heterocycles. The van der Waals surface area contributed by atoms with Gasteiger partial charge >= 0.3 is 6.09 Å². The van der Waals surface area contributed by atoms with E-state index in [0.29, 0.717) is 24.3 Å². The number of carbonyl (C=O) groups excluding carboxylic acids is 2. The fourth-order valence-corrected chi connectivity index (χ4v) is 2.27. The molecule has 2 rings (SSSR count). The van der Waals surface area contributed by atoms with Gasteiger partial charge in [-0.05, 0) is 43.7 Å². The van der Waals surface area contributed by atoms with E-state index >= 15 is 0 Å². The van der Waals surface area contributed by atoms with E-state index in [0.717, 1.165) is 5.56 Å². The number of nitrogens with zero attached hydrogens (tertiary/aromatic N) is 1. The van der Waals surface area contributed by atoms with Gasteiger partial charge in [-0.25, -0.2) is 4.79 Å². The number of rotatable bonds is 6. The molecular formula is C19H22N2O3. The molecule has 0 unspecified atom stereocenters. The normalized spacial score (nSPS) is 10.1. The Morgan fingerprint density at radius 3 is 2.17 bits per heavy atom. The molecule has 1 N–H and O–H groups in total. The van der Waals surface area contributed by atoms with Crippen LogP contribution >= 0.6 is 0 Å². The lowest BCUT2D eigenvalue weighted by Crippen LogP contribution is -2.30. The summed E-state index contributed by atoms with van der Waals surface area (Å²) >= 11 is 0. The Morgan fingerprint density at radius 1 is 0.958 bits per heavy atom. The molecule has 0 saturated carbocycles. The van der Waals surface area contributed by atoms with Crippen molar-refractivity contribution >= 4 is 17.7 Å². The average Bonchev–Trinajstić information content (AvgIpc) is 2.62. The number of benzene rings is 2. The predicted molar refractivity (Wildman–Crippen MR) is 93.9 cm³/mol. The minimum absolute atomic E-state index is 0.0156. The second kappa shape index (κ2) is 8.72. The molecule has 5 heteroatoms. The number of hydrogen-bond donors (Lipinski definition) is 1. The van der Waals surface area contributed by atoms with Crippen molar-refractivity contribution in [1.29, 1.82) is 0 Å². The first-order valence-corrected chi connectivity index (χ1v) is 8.01. The average molecular weight is 326 g/mol. The van der Waals surface area contributed by atoms with Crippen LogP contribution in [0.5, 0.6) is 0 Å². The summed E-state index contributed by atoms with van der Waals surface area (Å²) in [7, 11) is 0. The van der Waals surface area contributed by atoms with Crippen LogP contribution in [0.25, 0.3) is 0 Å². The van der Waals surface area contributed by atoms with Crippen molar-refractivity contribution in [1.82, 2.24) is 4.90 Å². The smallest absolute Gasteiger partial charge is 0.411 e. The van der Waals surface area contributed by atoms with Gasteiger partial charge in [0.2, 0.25) is 0 Å². The Hall–Kier alpha value is -2.82. The highest BCUT2D eigenvalue weighted by molar-refractivity contribution is 5.95. The maximum absolute atomic E-state index is 12.2. The lowest BCUT2D eigenvalue weighted by molar-refractivity contribution is 0.0773. The maximum atomic E-state index is 12.2. The van der Waals surface area contributed by atoms with Crippen molar-refractivity contribution in [3.05, 3.63) is 65.7 Å². The molecule has 24 heavy (non-hydrogen) atoms. The van der Waals surface area contributed by atoms with Crippen LogP contribution in [0, 0.1) is 0 Å². The van der Waals surface area contributed by atoms with Crippen LogP contribution in [0.4, 0.5) is 10.5 Å².